The number of rotatable bonds is 7. The number of carbonyl (C=O) groups is 1. The summed E-state index contributed by atoms with van der Waals surface area (Å²) in [4.78, 5) is 21.0. The Balaban J connectivity index is 2.18. The predicted molar refractivity (Wildman–Crippen MR) is 76.8 cm³/mol. The molecule has 1 aliphatic rings. The second kappa shape index (κ2) is 8.46. The molecule has 0 bridgehead atoms. The number of unbranched alkanes of at least 4 members (excludes halogenated alkanes) is 2. The third-order valence-electron chi connectivity index (χ3n) is 3.53. The predicted octanol–water partition coefficient (Wildman–Crippen LogP) is 4.00. The van der Waals surface area contributed by atoms with Crippen LogP contribution in [0.2, 0.25) is 0 Å². The largest absolute Gasteiger partial charge is 0.426 e. The molecule has 1 aromatic rings. The van der Waals surface area contributed by atoms with Crippen LogP contribution in [0.25, 0.3) is 0 Å². The van der Waals surface area contributed by atoms with Crippen LogP contribution in [0.15, 0.2) is 18.2 Å². The lowest BCUT2D eigenvalue weighted by Crippen LogP contribution is -2.19. The van der Waals surface area contributed by atoms with E-state index in [4.69, 9.17) is 9.62 Å². The summed E-state index contributed by atoms with van der Waals surface area (Å²) in [6, 6.07) is 3.88. The Morgan fingerprint density at radius 1 is 1.33 bits per heavy atom. The molecule has 1 fully saturated rings. The fraction of sp³-hybridized carbons (Fsp3) is 0.562. The van der Waals surface area contributed by atoms with E-state index in [1.54, 1.807) is 0 Å². The van der Waals surface area contributed by atoms with Crippen molar-refractivity contribution in [2.24, 2.45) is 0 Å². The number of ether oxygens (including phenoxy) is 1. The first kappa shape index (κ1) is 18.7. The highest BCUT2D eigenvalue weighted by molar-refractivity contribution is 5.73. The zero-order valence-corrected chi connectivity index (χ0v) is 13.2. The molecule has 1 atom stereocenters. The van der Waals surface area contributed by atoms with Crippen molar-refractivity contribution in [1.82, 2.24) is 0 Å². The highest BCUT2D eigenvalue weighted by Crippen LogP contribution is 2.39. The lowest BCUT2D eigenvalue weighted by Gasteiger charge is -2.18. The summed E-state index contributed by atoms with van der Waals surface area (Å²) in [5, 5.41) is 4.24. The highest BCUT2D eigenvalue weighted by Gasteiger charge is 2.38. The number of halogens is 3. The average molecular weight is 348 g/mol. The standard InChI is InChI=1S/C16H19F3O5/c1-2-3-4-8-14(20)22-13-7-5-6-11(15(13)16(17,18)19)9-12-10-21-24-23-12/h5-7,12H,2-4,8-10H2,1H3. The monoisotopic (exact) mass is 348 g/mol. The van der Waals surface area contributed by atoms with Gasteiger partial charge in [-0.1, -0.05) is 36.9 Å². The Bertz CT molecular complexity index is 553. The van der Waals surface area contributed by atoms with E-state index in [1.807, 2.05) is 6.92 Å². The van der Waals surface area contributed by atoms with E-state index in [0.717, 1.165) is 18.9 Å². The molecule has 0 N–H and O–H groups in total. The summed E-state index contributed by atoms with van der Waals surface area (Å²) >= 11 is 0. The minimum Gasteiger partial charge on any atom is -0.426 e. The molecule has 0 spiro atoms. The molecule has 0 aliphatic carbocycles. The van der Waals surface area contributed by atoms with Gasteiger partial charge >= 0.3 is 12.1 Å². The lowest BCUT2D eigenvalue weighted by molar-refractivity contribution is -0.460. The van der Waals surface area contributed by atoms with Crippen molar-refractivity contribution in [2.45, 2.75) is 51.3 Å². The second-order valence-electron chi connectivity index (χ2n) is 5.49. The number of esters is 1. The normalized spacial score (nSPS) is 17.9. The molecule has 134 valence electrons. The van der Waals surface area contributed by atoms with Crippen molar-refractivity contribution < 1.29 is 37.5 Å². The molecule has 5 nitrogen and oxygen atoms in total. The molecule has 0 amide bonds. The Morgan fingerprint density at radius 2 is 2.12 bits per heavy atom. The van der Waals surface area contributed by atoms with Crippen LogP contribution in [0.1, 0.15) is 43.7 Å². The fourth-order valence-corrected chi connectivity index (χ4v) is 2.40. The van der Waals surface area contributed by atoms with E-state index in [0.29, 0.717) is 6.42 Å². The van der Waals surface area contributed by atoms with Gasteiger partial charge in [0.15, 0.2) is 0 Å². The molecule has 8 heteroatoms. The minimum atomic E-state index is -4.66. The molecule has 1 heterocycles. The SMILES string of the molecule is CCCCCC(=O)Oc1cccc(CC2COOO2)c1C(F)(F)F. The van der Waals surface area contributed by atoms with Crippen molar-refractivity contribution in [3.8, 4) is 5.75 Å². The van der Waals surface area contributed by atoms with E-state index in [1.165, 1.54) is 12.1 Å². The maximum absolute atomic E-state index is 13.4. The van der Waals surface area contributed by atoms with Gasteiger partial charge in [-0.3, -0.25) is 4.79 Å². The summed E-state index contributed by atoms with van der Waals surface area (Å²) in [5.41, 5.74) is -1.01. The smallest absolute Gasteiger partial charge is 0.420 e. The van der Waals surface area contributed by atoms with Gasteiger partial charge in [-0.15, -0.1) is 0 Å². The Morgan fingerprint density at radius 3 is 2.75 bits per heavy atom. The number of carbonyl (C=O) groups excluding carboxylic acids is 1. The Kier molecular flexibility index (Phi) is 6.59. The van der Waals surface area contributed by atoms with E-state index < -0.39 is 29.6 Å². The van der Waals surface area contributed by atoms with Crippen molar-refractivity contribution in [1.29, 1.82) is 0 Å². The van der Waals surface area contributed by atoms with Crippen molar-refractivity contribution >= 4 is 5.97 Å². The lowest BCUT2D eigenvalue weighted by atomic mass is 10.00. The first-order chi connectivity index (χ1) is 11.4. The molecule has 1 unspecified atom stereocenters. The van der Waals surface area contributed by atoms with Crippen LogP contribution < -0.4 is 4.74 Å². The summed E-state index contributed by atoms with van der Waals surface area (Å²) in [6.07, 6.45) is -2.99. The van der Waals surface area contributed by atoms with Gasteiger partial charge in [0.1, 0.15) is 24.0 Å². The van der Waals surface area contributed by atoms with Crippen molar-refractivity contribution in [3.05, 3.63) is 29.3 Å². The van der Waals surface area contributed by atoms with Crippen LogP contribution in [-0.2, 0) is 32.2 Å². The molecular weight excluding hydrogens is 329 g/mol. The quantitative estimate of drug-likeness (QED) is 0.323. The van der Waals surface area contributed by atoms with Crippen LogP contribution in [0.5, 0.6) is 5.75 Å². The maximum Gasteiger partial charge on any atom is 0.420 e. The van der Waals surface area contributed by atoms with Gasteiger partial charge in [0, 0.05) is 12.8 Å². The third kappa shape index (κ3) is 5.19. The van der Waals surface area contributed by atoms with Crippen LogP contribution in [0.3, 0.4) is 0 Å². The van der Waals surface area contributed by atoms with E-state index in [-0.39, 0.29) is 25.0 Å². The molecule has 1 saturated heterocycles. The number of hydrogen-bond acceptors (Lipinski definition) is 5. The third-order valence-corrected chi connectivity index (χ3v) is 3.53. The van der Waals surface area contributed by atoms with Crippen LogP contribution in [-0.4, -0.2) is 18.7 Å². The molecule has 0 aromatic heterocycles. The van der Waals surface area contributed by atoms with Gasteiger partial charge in [0.2, 0.25) is 0 Å². The molecule has 0 radical (unpaired) electrons. The van der Waals surface area contributed by atoms with Gasteiger partial charge in [-0.05, 0) is 18.1 Å². The Hall–Kier alpha value is -1.64. The minimum absolute atomic E-state index is 0.0261. The number of alkyl halides is 3. The highest BCUT2D eigenvalue weighted by atomic mass is 19.4. The van der Waals surface area contributed by atoms with Gasteiger partial charge in [0.05, 0.1) is 0 Å². The zero-order chi connectivity index (χ0) is 17.6. The number of hydrogen-bond donors (Lipinski definition) is 0. The van der Waals surface area contributed by atoms with Gasteiger partial charge in [0.25, 0.3) is 0 Å². The van der Waals surface area contributed by atoms with Gasteiger partial charge in [-0.2, -0.15) is 18.1 Å². The van der Waals surface area contributed by atoms with Crippen LogP contribution in [0, 0.1) is 0 Å². The molecule has 0 saturated carbocycles. The molecule has 2 rings (SSSR count). The molecule has 24 heavy (non-hydrogen) atoms. The topological polar surface area (TPSA) is 54.0 Å². The van der Waals surface area contributed by atoms with Crippen LogP contribution >= 0.6 is 0 Å². The Labute approximate surface area is 137 Å². The first-order valence-corrected chi connectivity index (χ1v) is 7.76. The van der Waals surface area contributed by atoms with Crippen molar-refractivity contribution in [3.63, 3.8) is 0 Å². The van der Waals surface area contributed by atoms with Crippen molar-refractivity contribution in [2.75, 3.05) is 6.61 Å². The van der Waals surface area contributed by atoms with E-state index in [2.05, 4.69) is 9.93 Å². The summed E-state index contributed by atoms with van der Waals surface area (Å²) in [5.74, 6) is -1.16. The molecule has 1 aromatic carbocycles. The zero-order valence-electron chi connectivity index (χ0n) is 13.2. The van der Waals surface area contributed by atoms with E-state index in [9.17, 15) is 18.0 Å². The fourth-order valence-electron chi connectivity index (χ4n) is 2.40. The maximum atomic E-state index is 13.4. The average Bonchev–Trinajstić information content (AvgIpc) is 2.99. The number of benzene rings is 1. The van der Waals surface area contributed by atoms with Gasteiger partial charge < -0.3 is 4.74 Å². The summed E-state index contributed by atoms with van der Waals surface area (Å²) in [6.45, 7) is 1.99. The summed E-state index contributed by atoms with van der Waals surface area (Å²) < 4.78 is 45.3. The second-order valence-corrected chi connectivity index (χ2v) is 5.49. The first-order valence-electron chi connectivity index (χ1n) is 7.76. The van der Waals surface area contributed by atoms with Crippen LogP contribution in [0.4, 0.5) is 13.2 Å². The molecular formula is C16H19F3O5. The summed E-state index contributed by atoms with van der Waals surface area (Å²) in [7, 11) is 0. The van der Waals surface area contributed by atoms with E-state index >= 15 is 0 Å². The molecule has 1 aliphatic heterocycles. The van der Waals surface area contributed by atoms with Gasteiger partial charge in [-0.25, -0.2) is 4.89 Å².